The van der Waals surface area contributed by atoms with E-state index in [9.17, 15) is 0 Å². The van der Waals surface area contributed by atoms with Gasteiger partial charge in [-0.15, -0.1) is 0 Å². The molecule has 10 heavy (non-hydrogen) atoms. The van der Waals surface area contributed by atoms with Gasteiger partial charge in [-0.1, -0.05) is 0 Å². The highest BCUT2D eigenvalue weighted by molar-refractivity contribution is 9.10. The van der Waals surface area contributed by atoms with E-state index in [1.165, 1.54) is 12.3 Å². The summed E-state index contributed by atoms with van der Waals surface area (Å²) >= 11 is 3.06. The maximum absolute atomic E-state index is 7.23. The smallest absolute Gasteiger partial charge is 0.215 e. The van der Waals surface area contributed by atoms with E-state index in [0.717, 1.165) is 0 Å². The first-order valence-electron chi connectivity index (χ1n) is 5.45. The van der Waals surface area contributed by atoms with Crippen LogP contribution in [0, 0.1) is 6.85 Å². The standard InChI is InChI=1S/C7H8BrNO/c1-5-3-6(8)4-9-7(5)10-2/h3-4H,1-2H3/i1D3,2D3. The van der Waals surface area contributed by atoms with Crippen molar-refractivity contribution in [1.29, 1.82) is 0 Å². The number of hydrogen-bond acceptors (Lipinski definition) is 2. The van der Waals surface area contributed by atoms with E-state index in [4.69, 9.17) is 8.22 Å². The van der Waals surface area contributed by atoms with Crippen LogP contribution < -0.4 is 4.74 Å². The molecule has 0 saturated carbocycles. The predicted molar refractivity (Wildman–Crippen MR) is 43.2 cm³/mol. The summed E-state index contributed by atoms with van der Waals surface area (Å²) in [6.45, 7) is -2.47. The zero-order chi connectivity index (χ0) is 12.6. The van der Waals surface area contributed by atoms with E-state index >= 15 is 0 Å². The molecule has 0 N–H and O–H groups in total. The van der Waals surface area contributed by atoms with Gasteiger partial charge < -0.3 is 4.74 Å². The molecule has 0 aromatic carbocycles. The van der Waals surface area contributed by atoms with Crippen molar-refractivity contribution in [3.8, 4) is 5.88 Å². The zero-order valence-electron chi connectivity index (χ0n) is 10.9. The fourth-order valence-electron chi connectivity index (χ4n) is 0.508. The third kappa shape index (κ3) is 1.48. The number of methoxy groups -OCH3 is 1. The lowest BCUT2D eigenvalue weighted by molar-refractivity contribution is 0.394. The number of nitrogens with zero attached hydrogens (tertiary/aromatic N) is 1. The van der Waals surface area contributed by atoms with Gasteiger partial charge >= 0.3 is 0 Å². The molecule has 0 aliphatic carbocycles. The van der Waals surface area contributed by atoms with Crippen LogP contribution in [0.1, 0.15) is 13.8 Å². The van der Waals surface area contributed by atoms with E-state index < -0.39 is 19.8 Å². The number of pyridine rings is 1. The van der Waals surface area contributed by atoms with Crippen molar-refractivity contribution in [2.75, 3.05) is 7.04 Å². The second-order valence-electron chi connectivity index (χ2n) is 1.61. The van der Waals surface area contributed by atoms with Crippen LogP contribution >= 0.6 is 15.9 Å². The van der Waals surface area contributed by atoms with Crippen LogP contribution in [-0.4, -0.2) is 12.0 Å². The van der Waals surface area contributed by atoms with Gasteiger partial charge in [0, 0.05) is 20.3 Å². The van der Waals surface area contributed by atoms with Crippen molar-refractivity contribution >= 4 is 15.9 Å². The van der Waals surface area contributed by atoms with Gasteiger partial charge in [0.1, 0.15) is 0 Å². The van der Waals surface area contributed by atoms with Crippen LogP contribution in [0.5, 0.6) is 5.88 Å². The molecule has 2 nitrogen and oxygen atoms in total. The Morgan fingerprint density at radius 1 is 1.80 bits per heavy atom. The summed E-state index contributed by atoms with van der Waals surface area (Å²) in [5.74, 6) is -0.400. The van der Waals surface area contributed by atoms with E-state index in [-0.39, 0.29) is 5.56 Å². The minimum atomic E-state index is -2.72. The fraction of sp³-hybridized carbons (Fsp3) is 0.286. The van der Waals surface area contributed by atoms with Gasteiger partial charge in [-0.05, 0) is 28.8 Å². The maximum Gasteiger partial charge on any atom is 0.215 e. The molecule has 1 heterocycles. The Labute approximate surface area is 76.8 Å². The average molecular weight is 208 g/mol. The van der Waals surface area contributed by atoms with Gasteiger partial charge in [-0.25, -0.2) is 4.98 Å². The second-order valence-corrected chi connectivity index (χ2v) is 2.52. The number of halogens is 1. The molecule has 0 saturated heterocycles. The Kier molecular flexibility index (Phi) is 0.848. The van der Waals surface area contributed by atoms with E-state index in [0.29, 0.717) is 4.47 Å². The first kappa shape index (κ1) is 2.81. The number of hydrogen-bond donors (Lipinski definition) is 0. The van der Waals surface area contributed by atoms with Crippen LogP contribution in [0.3, 0.4) is 0 Å². The van der Waals surface area contributed by atoms with Crippen LogP contribution in [0.4, 0.5) is 0 Å². The van der Waals surface area contributed by atoms with Crippen molar-refractivity contribution < 1.29 is 13.0 Å². The topological polar surface area (TPSA) is 22.1 Å². The average Bonchev–Trinajstić information content (AvgIpc) is 2.04. The van der Waals surface area contributed by atoms with Gasteiger partial charge in [0.25, 0.3) is 0 Å². The molecule has 0 aliphatic rings. The van der Waals surface area contributed by atoms with Gasteiger partial charge in [0.05, 0.1) is 11.2 Å². The molecule has 1 aromatic heterocycles. The molecule has 0 amide bonds. The van der Waals surface area contributed by atoms with Crippen molar-refractivity contribution in [2.24, 2.45) is 0 Å². The molecule has 0 radical (unpaired) electrons. The Balaban J connectivity index is 3.19. The zero-order valence-corrected chi connectivity index (χ0v) is 6.47. The summed E-state index contributed by atoms with van der Waals surface area (Å²) < 4.78 is 47.3. The number of aromatic nitrogens is 1. The molecule has 0 fully saturated rings. The quantitative estimate of drug-likeness (QED) is 0.705. The lowest BCUT2D eigenvalue weighted by Crippen LogP contribution is -1.89. The van der Waals surface area contributed by atoms with Gasteiger partial charge in [-0.2, -0.15) is 0 Å². The Morgan fingerprint density at radius 3 is 3.40 bits per heavy atom. The summed E-state index contributed by atoms with van der Waals surface area (Å²) in [7, 11) is -2.72. The third-order valence-electron chi connectivity index (χ3n) is 0.914. The fourth-order valence-corrected chi connectivity index (χ4v) is 0.839. The third-order valence-corrected chi connectivity index (χ3v) is 1.35. The van der Waals surface area contributed by atoms with Crippen LogP contribution in [0.15, 0.2) is 16.7 Å². The van der Waals surface area contributed by atoms with Crippen molar-refractivity contribution in [1.82, 2.24) is 4.98 Å². The second kappa shape index (κ2) is 3.01. The highest BCUT2D eigenvalue weighted by Crippen LogP contribution is 2.17. The molecule has 3 heteroatoms. The van der Waals surface area contributed by atoms with Gasteiger partial charge in [-0.3, -0.25) is 0 Å². The summed E-state index contributed by atoms with van der Waals surface area (Å²) in [6, 6.07) is 1.26. The molecule has 0 atom stereocenters. The summed E-state index contributed by atoms with van der Waals surface area (Å²) in [6.07, 6.45) is 1.27. The summed E-state index contributed by atoms with van der Waals surface area (Å²) in [5, 5.41) is 0. The maximum atomic E-state index is 7.23. The predicted octanol–water partition coefficient (Wildman–Crippen LogP) is 2.16. The summed E-state index contributed by atoms with van der Waals surface area (Å²) in [5.41, 5.74) is -0.238. The van der Waals surface area contributed by atoms with Crippen molar-refractivity contribution in [2.45, 2.75) is 6.85 Å². The SMILES string of the molecule is [2H]C([2H])([2H])Oc1ncc(Br)cc1C([2H])([2H])[2H]. The minimum absolute atomic E-state index is 0.238. The summed E-state index contributed by atoms with van der Waals surface area (Å²) in [4.78, 5) is 3.64. The highest BCUT2D eigenvalue weighted by Gasteiger charge is 1.97. The Bertz CT molecular complexity index is 387. The van der Waals surface area contributed by atoms with E-state index in [2.05, 4.69) is 25.7 Å². The first-order valence-corrected chi connectivity index (χ1v) is 3.24. The number of aryl methyl sites for hydroxylation is 1. The van der Waals surface area contributed by atoms with E-state index in [1.54, 1.807) is 0 Å². The number of ether oxygens (including phenoxy) is 1. The minimum Gasteiger partial charge on any atom is -0.481 e. The first-order chi connectivity index (χ1) is 7.09. The molecular formula is C7H8BrNO. The highest BCUT2D eigenvalue weighted by atomic mass is 79.9. The Morgan fingerprint density at radius 2 is 2.70 bits per heavy atom. The van der Waals surface area contributed by atoms with Crippen LogP contribution in [0.25, 0.3) is 0 Å². The molecule has 0 spiro atoms. The van der Waals surface area contributed by atoms with Gasteiger partial charge in [0.2, 0.25) is 5.88 Å². The Hall–Kier alpha value is -0.570. The van der Waals surface area contributed by atoms with Crippen molar-refractivity contribution in [3.05, 3.63) is 22.3 Å². The molecule has 0 bridgehead atoms. The normalized spacial score (nSPS) is 20.9. The largest absolute Gasteiger partial charge is 0.481 e. The lowest BCUT2D eigenvalue weighted by atomic mass is 10.3. The van der Waals surface area contributed by atoms with Gasteiger partial charge in [0.15, 0.2) is 0 Å². The molecule has 54 valence electrons. The molecular weight excluding hydrogens is 194 g/mol. The van der Waals surface area contributed by atoms with Crippen LogP contribution in [0.2, 0.25) is 0 Å². The molecule has 1 aromatic rings. The van der Waals surface area contributed by atoms with E-state index in [1.807, 2.05) is 0 Å². The molecule has 0 aliphatic heterocycles. The lowest BCUT2D eigenvalue weighted by Gasteiger charge is -2.01. The monoisotopic (exact) mass is 207 g/mol. The number of rotatable bonds is 1. The molecule has 1 rings (SSSR count). The molecule has 0 unspecified atom stereocenters. The van der Waals surface area contributed by atoms with Crippen LogP contribution in [-0.2, 0) is 0 Å². The van der Waals surface area contributed by atoms with Crippen molar-refractivity contribution in [3.63, 3.8) is 0 Å².